The summed E-state index contributed by atoms with van der Waals surface area (Å²) in [5.41, 5.74) is 1.62. The van der Waals surface area contributed by atoms with Crippen LogP contribution in [0, 0.1) is 6.92 Å². The van der Waals surface area contributed by atoms with Crippen LogP contribution in [0.25, 0.3) is 9.88 Å². The van der Waals surface area contributed by atoms with Crippen molar-refractivity contribution in [3.05, 3.63) is 57.4 Å². The first-order valence-corrected chi connectivity index (χ1v) is 11.2. The van der Waals surface area contributed by atoms with Gasteiger partial charge in [-0.05, 0) is 36.1 Å². The highest BCUT2D eigenvalue weighted by Crippen LogP contribution is 2.29. The summed E-state index contributed by atoms with van der Waals surface area (Å²) < 4.78 is 0. The van der Waals surface area contributed by atoms with Crippen molar-refractivity contribution in [2.24, 2.45) is 0 Å². The Labute approximate surface area is 181 Å². The molecule has 1 fully saturated rings. The summed E-state index contributed by atoms with van der Waals surface area (Å²) in [6.07, 6.45) is 1.64. The van der Waals surface area contributed by atoms with Gasteiger partial charge in [0.1, 0.15) is 9.88 Å². The average Bonchev–Trinajstić information content (AvgIpc) is 3.42. The van der Waals surface area contributed by atoms with Gasteiger partial charge in [-0.1, -0.05) is 23.7 Å². The maximum absolute atomic E-state index is 12.8. The first-order chi connectivity index (χ1) is 14.0. The zero-order valence-corrected chi connectivity index (χ0v) is 18.1. The van der Waals surface area contributed by atoms with Crippen molar-refractivity contribution in [3.8, 4) is 9.88 Å². The Balaban J connectivity index is 1.33. The maximum atomic E-state index is 12.8. The lowest BCUT2D eigenvalue weighted by Gasteiger charge is -2.34. The lowest BCUT2D eigenvalue weighted by atomic mass is 10.2. The van der Waals surface area contributed by atoms with Crippen LogP contribution in [-0.4, -0.2) is 52.9 Å². The van der Waals surface area contributed by atoms with Crippen LogP contribution in [0.2, 0.25) is 5.02 Å². The van der Waals surface area contributed by atoms with Crippen molar-refractivity contribution in [1.82, 2.24) is 14.8 Å². The molecule has 150 valence electrons. The number of nitrogens with one attached hydrogen (secondary N) is 1. The Bertz CT molecular complexity index is 1030. The molecule has 0 unspecified atom stereocenters. The Morgan fingerprint density at radius 1 is 1.14 bits per heavy atom. The summed E-state index contributed by atoms with van der Waals surface area (Å²) in [7, 11) is 0. The van der Waals surface area contributed by atoms with E-state index >= 15 is 0 Å². The van der Waals surface area contributed by atoms with E-state index in [4.69, 9.17) is 11.6 Å². The number of carbonyl (C=O) groups is 2. The predicted molar refractivity (Wildman–Crippen MR) is 118 cm³/mol. The second-order valence-corrected chi connectivity index (χ2v) is 9.07. The lowest BCUT2D eigenvalue weighted by Crippen LogP contribution is -2.51. The molecule has 1 N–H and O–H groups in total. The van der Waals surface area contributed by atoms with Crippen molar-refractivity contribution in [1.29, 1.82) is 0 Å². The highest BCUT2D eigenvalue weighted by molar-refractivity contribution is 7.21. The monoisotopic (exact) mass is 446 g/mol. The molecule has 0 spiro atoms. The van der Waals surface area contributed by atoms with Crippen molar-refractivity contribution in [2.75, 3.05) is 31.5 Å². The van der Waals surface area contributed by atoms with Gasteiger partial charge in [0, 0.05) is 36.9 Å². The number of thiazole rings is 1. The number of nitrogens with zero attached hydrogens (tertiary/aromatic N) is 3. The van der Waals surface area contributed by atoms with Gasteiger partial charge in [-0.3, -0.25) is 4.79 Å². The largest absolute Gasteiger partial charge is 0.334 e. The number of benzene rings is 1. The molecule has 0 bridgehead atoms. The molecule has 0 atom stereocenters. The number of thiophene rings is 1. The van der Waals surface area contributed by atoms with Crippen LogP contribution in [0.4, 0.5) is 10.5 Å². The molecule has 6 nitrogen and oxygen atoms in total. The minimum atomic E-state index is -0.185. The Morgan fingerprint density at radius 3 is 2.59 bits per heavy atom. The molecule has 0 saturated carbocycles. The third kappa shape index (κ3) is 4.44. The Kier molecular flexibility index (Phi) is 5.84. The van der Waals surface area contributed by atoms with E-state index in [1.165, 1.54) is 11.3 Å². The average molecular weight is 447 g/mol. The van der Waals surface area contributed by atoms with Gasteiger partial charge in [0.05, 0.1) is 11.1 Å². The molecule has 0 aliphatic carbocycles. The number of hydrogen-bond donors (Lipinski definition) is 1. The number of aromatic nitrogens is 1. The van der Waals surface area contributed by atoms with Gasteiger partial charge >= 0.3 is 6.03 Å². The number of halogens is 1. The quantitative estimate of drug-likeness (QED) is 0.627. The molecule has 1 saturated heterocycles. The molecular weight excluding hydrogens is 428 g/mol. The summed E-state index contributed by atoms with van der Waals surface area (Å²) in [6.45, 7) is 3.86. The highest BCUT2D eigenvalue weighted by Gasteiger charge is 2.26. The van der Waals surface area contributed by atoms with Crippen LogP contribution in [0.1, 0.15) is 15.2 Å². The van der Waals surface area contributed by atoms with Crippen LogP contribution in [-0.2, 0) is 0 Å². The third-order valence-electron chi connectivity index (χ3n) is 4.73. The first-order valence-electron chi connectivity index (χ1n) is 9.12. The van der Waals surface area contributed by atoms with Gasteiger partial charge in [-0.15, -0.1) is 22.7 Å². The third-order valence-corrected chi connectivity index (χ3v) is 7.16. The number of urea groups is 1. The molecule has 29 heavy (non-hydrogen) atoms. The second kappa shape index (κ2) is 8.52. The summed E-state index contributed by atoms with van der Waals surface area (Å²) in [5.74, 6) is -0.0318. The van der Waals surface area contributed by atoms with Crippen molar-refractivity contribution < 1.29 is 9.59 Å². The minimum absolute atomic E-state index is 0.0318. The van der Waals surface area contributed by atoms with Crippen molar-refractivity contribution in [3.63, 3.8) is 0 Å². The van der Waals surface area contributed by atoms with Crippen molar-refractivity contribution in [2.45, 2.75) is 6.92 Å². The van der Waals surface area contributed by atoms with E-state index in [2.05, 4.69) is 10.3 Å². The standard InChI is InChI=1S/C20H19ClN4O2S2/c1-13-4-5-14(11-15(13)21)23-20(27)25-8-6-24(7-9-25)19(26)17-12-22-18(29-17)16-3-2-10-28-16/h2-5,10-12H,6-9H2,1H3,(H,23,27). The van der Waals surface area contributed by atoms with Crippen molar-refractivity contribution >= 4 is 51.9 Å². The van der Waals surface area contributed by atoms with Crippen LogP contribution >= 0.6 is 34.3 Å². The molecule has 3 aromatic rings. The topological polar surface area (TPSA) is 65.5 Å². The van der Waals surface area contributed by atoms with E-state index in [-0.39, 0.29) is 11.9 Å². The predicted octanol–water partition coefficient (Wildman–Crippen LogP) is 4.82. The summed E-state index contributed by atoms with van der Waals surface area (Å²) in [4.78, 5) is 34.8. The van der Waals surface area contributed by atoms with Gasteiger partial charge in [0.25, 0.3) is 5.91 Å². The molecule has 2 aromatic heterocycles. The lowest BCUT2D eigenvalue weighted by molar-refractivity contribution is 0.0676. The van der Waals surface area contributed by atoms with Gasteiger partial charge < -0.3 is 15.1 Å². The fourth-order valence-corrected chi connectivity index (χ4v) is 4.90. The second-order valence-electron chi connectivity index (χ2n) is 6.68. The number of anilines is 1. The maximum Gasteiger partial charge on any atom is 0.321 e. The number of carbonyl (C=O) groups excluding carboxylic acids is 2. The van der Waals surface area contributed by atoms with Gasteiger partial charge in [-0.2, -0.15) is 0 Å². The summed E-state index contributed by atoms with van der Waals surface area (Å²) in [6, 6.07) is 9.22. The van der Waals surface area contributed by atoms with E-state index in [1.54, 1.807) is 33.4 Å². The highest BCUT2D eigenvalue weighted by atomic mass is 35.5. The summed E-state index contributed by atoms with van der Waals surface area (Å²) >= 11 is 9.13. The van der Waals surface area contributed by atoms with Crippen LogP contribution in [0.3, 0.4) is 0 Å². The number of piperazine rings is 1. The van der Waals surface area contributed by atoms with E-state index < -0.39 is 0 Å². The van der Waals surface area contributed by atoms with E-state index in [0.29, 0.717) is 41.8 Å². The zero-order chi connectivity index (χ0) is 20.4. The number of hydrogen-bond acceptors (Lipinski definition) is 5. The molecule has 1 aromatic carbocycles. The van der Waals surface area contributed by atoms with Crippen LogP contribution in [0.15, 0.2) is 41.9 Å². The SMILES string of the molecule is Cc1ccc(NC(=O)N2CCN(C(=O)c3cnc(-c4cccs4)s3)CC2)cc1Cl. The molecule has 0 radical (unpaired) electrons. The Morgan fingerprint density at radius 2 is 1.90 bits per heavy atom. The molecule has 1 aliphatic heterocycles. The molecule has 1 aliphatic rings. The first kappa shape index (κ1) is 19.9. The number of amides is 3. The van der Waals surface area contributed by atoms with Gasteiger partial charge in [0.2, 0.25) is 0 Å². The van der Waals surface area contributed by atoms with E-state index in [1.807, 2.05) is 36.6 Å². The van der Waals surface area contributed by atoms with Gasteiger partial charge in [0.15, 0.2) is 0 Å². The fraction of sp³-hybridized carbons (Fsp3) is 0.250. The van der Waals surface area contributed by atoms with E-state index in [9.17, 15) is 9.59 Å². The molecule has 3 heterocycles. The molecule has 3 amide bonds. The number of aryl methyl sites for hydroxylation is 1. The molecule has 9 heteroatoms. The van der Waals surface area contributed by atoms with Crippen LogP contribution in [0.5, 0.6) is 0 Å². The minimum Gasteiger partial charge on any atom is -0.334 e. The number of rotatable bonds is 3. The zero-order valence-electron chi connectivity index (χ0n) is 15.7. The smallest absolute Gasteiger partial charge is 0.321 e. The van der Waals surface area contributed by atoms with E-state index in [0.717, 1.165) is 15.4 Å². The Hall–Kier alpha value is -2.42. The molecular formula is C20H19ClN4O2S2. The normalized spacial score (nSPS) is 14.1. The summed E-state index contributed by atoms with van der Waals surface area (Å²) in [5, 5.41) is 6.33. The van der Waals surface area contributed by atoms with Crippen LogP contribution < -0.4 is 5.32 Å². The molecule has 4 rings (SSSR count). The fourth-order valence-electron chi connectivity index (χ4n) is 3.03. The van der Waals surface area contributed by atoms with Gasteiger partial charge in [-0.25, -0.2) is 9.78 Å².